The number of nitrogens with zero attached hydrogens (tertiary/aromatic N) is 2. The molecule has 2 heterocycles. The minimum absolute atomic E-state index is 0.255. The standard InChI is InChI=1S/C29H36N2OS2/c32-29(25-7-1-21(17-27(25)23-3-4-23)19-30-9-13-33-14-10-30)26-8-2-22(18-28(26)24-5-6-24)20-31-11-15-34-16-12-31/h1-2,7-8,17-18,23-24H,3-6,9-16,19-20H2. The third-order valence-electron chi connectivity index (χ3n) is 7.78. The van der Waals surface area contributed by atoms with E-state index in [0.29, 0.717) is 11.8 Å². The highest BCUT2D eigenvalue weighted by Gasteiger charge is 2.32. The van der Waals surface area contributed by atoms with Crippen LogP contribution in [0, 0.1) is 0 Å². The number of carbonyl (C=O) groups is 1. The minimum atomic E-state index is 0.255. The Labute approximate surface area is 213 Å². The van der Waals surface area contributed by atoms with E-state index < -0.39 is 0 Å². The molecule has 0 N–H and O–H groups in total. The van der Waals surface area contributed by atoms with Crippen molar-refractivity contribution in [2.75, 3.05) is 49.2 Å². The summed E-state index contributed by atoms with van der Waals surface area (Å²) in [6.07, 6.45) is 4.92. The van der Waals surface area contributed by atoms with Crippen LogP contribution < -0.4 is 0 Å². The number of carbonyl (C=O) groups excluding carboxylic acids is 1. The van der Waals surface area contributed by atoms with Gasteiger partial charge in [0, 0.05) is 73.4 Å². The fourth-order valence-electron chi connectivity index (χ4n) is 5.48. The van der Waals surface area contributed by atoms with Gasteiger partial charge in [-0.15, -0.1) is 0 Å². The quantitative estimate of drug-likeness (QED) is 0.436. The van der Waals surface area contributed by atoms with Crippen LogP contribution in [0.25, 0.3) is 0 Å². The van der Waals surface area contributed by atoms with Crippen LogP contribution in [0.2, 0.25) is 0 Å². The molecule has 5 heteroatoms. The molecule has 0 aromatic heterocycles. The van der Waals surface area contributed by atoms with Crippen molar-refractivity contribution in [3.05, 3.63) is 69.8 Å². The number of ketones is 1. The molecule has 2 aromatic rings. The lowest BCUT2D eigenvalue weighted by Crippen LogP contribution is -2.32. The van der Waals surface area contributed by atoms with Gasteiger partial charge in [0.15, 0.2) is 5.78 Å². The number of hydrogen-bond donors (Lipinski definition) is 0. The Morgan fingerprint density at radius 1 is 0.676 bits per heavy atom. The molecule has 2 aliphatic heterocycles. The van der Waals surface area contributed by atoms with Crippen molar-refractivity contribution in [2.24, 2.45) is 0 Å². The van der Waals surface area contributed by atoms with Crippen molar-refractivity contribution in [2.45, 2.75) is 50.6 Å². The molecular formula is C29H36N2OS2. The molecule has 180 valence electrons. The van der Waals surface area contributed by atoms with Crippen LogP contribution in [0.3, 0.4) is 0 Å². The van der Waals surface area contributed by atoms with E-state index in [2.05, 4.69) is 69.7 Å². The largest absolute Gasteiger partial charge is 0.297 e. The Morgan fingerprint density at radius 3 is 1.47 bits per heavy atom. The summed E-state index contributed by atoms with van der Waals surface area (Å²) in [5, 5.41) is 0. The van der Waals surface area contributed by atoms with Gasteiger partial charge in [0.2, 0.25) is 0 Å². The van der Waals surface area contributed by atoms with Gasteiger partial charge in [0.25, 0.3) is 0 Å². The highest BCUT2D eigenvalue weighted by atomic mass is 32.2. The van der Waals surface area contributed by atoms with Gasteiger partial charge in [0.05, 0.1) is 0 Å². The minimum Gasteiger partial charge on any atom is -0.297 e. The van der Waals surface area contributed by atoms with Gasteiger partial charge in [-0.1, -0.05) is 36.4 Å². The van der Waals surface area contributed by atoms with Crippen molar-refractivity contribution in [3.63, 3.8) is 0 Å². The Hall–Kier alpha value is -1.27. The first-order chi connectivity index (χ1) is 16.7. The molecule has 2 aromatic carbocycles. The molecule has 0 amide bonds. The molecule has 4 aliphatic rings. The van der Waals surface area contributed by atoms with Gasteiger partial charge in [-0.3, -0.25) is 14.6 Å². The summed E-state index contributed by atoms with van der Waals surface area (Å²) in [5.74, 6) is 6.37. The molecular weight excluding hydrogens is 456 g/mol. The molecule has 0 radical (unpaired) electrons. The fourth-order valence-corrected chi connectivity index (χ4v) is 7.44. The van der Waals surface area contributed by atoms with Gasteiger partial charge in [-0.25, -0.2) is 0 Å². The fraction of sp³-hybridized carbons (Fsp3) is 0.552. The second-order valence-electron chi connectivity index (χ2n) is 10.5. The van der Waals surface area contributed by atoms with E-state index in [0.717, 1.165) is 24.2 Å². The Balaban J connectivity index is 1.25. The molecule has 6 rings (SSSR count). The summed E-state index contributed by atoms with van der Waals surface area (Å²) < 4.78 is 0. The van der Waals surface area contributed by atoms with Crippen LogP contribution in [0.1, 0.15) is 75.7 Å². The first-order valence-corrected chi connectivity index (χ1v) is 15.5. The van der Waals surface area contributed by atoms with Crippen LogP contribution >= 0.6 is 23.5 Å². The first-order valence-electron chi connectivity index (χ1n) is 13.1. The van der Waals surface area contributed by atoms with E-state index in [1.54, 1.807) is 0 Å². The van der Waals surface area contributed by atoms with E-state index in [9.17, 15) is 4.79 Å². The zero-order valence-corrected chi connectivity index (χ0v) is 21.8. The van der Waals surface area contributed by atoms with Crippen molar-refractivity contribution in [3.8, 4) is 0 Å². The molecule has 4 fully saturated rings. The maximum absolute atomic E-state index is 13.9. The molecule has 0 unspecified atom stereocenters. The second kappa shape index (κ2) is 10.4. The van der Waals surface area contributed by atoms with E-state index in [-0.39, 0.29) is 5.78 Å². The summed E-state index contributed by atoms with van der Waals surface area (Å²) in [5.41, 5.74) is 7.30. The molecule has 34 heavy (non-hydrogen) atoms. The predicted molar refractivity (Wildman–Crippen MR) is 145 cm³/mol. The van der Waals surface area contributed by atoms with Crippen molar-refractivity contribution < 1.29 is 4.79 Å². The summed E-state index contributed by atoms with van der Waals surface area (Å²) in [6.45, 7) is 6.75. The molecule has 0 bridgehead atoms. The normalized spacial score (nSPS) is 22.1. The summed E-state index contributed by atoms with van der Waals surface area (Å²) in [4.78, 5) is 19.1. The lowest BCUT2D eigenvalue weighted by atomic mass is 9.89. The van der Waals surface area contributed by atoms with Crippen LogP contribution in [-0.2, 0) is 13.1 Å². The van der Waals surface area contributed by atoms with E-state index in [1.807, 2.05) is 0 Å². The van der Waals surface area contributed by atoms with E-state index in [1.165, 1.54) is 97.1 Å². The van der Waals surface area contributed by atoms with Crippen LogP contribution in [0.4, 0.5) is 0 Å². The van der Waals surface area contributed by atoms with E-state index >= 15 is 0 Å². The maximum atomic E-state index is 13.9. The zero-order valence-electron chi connectivity index (χ0n) is 20.1. The van der Waals surface area contributed by atoms with Crippen molar-refractivity contribution >= 4 is 29.3 Å². The lowest BCUT2D eigenvalue weighted by molar-refractivity contribution is 0.103. The number of rotatable bonds is 8. The SMILES string of the molecule is O=C(c1ccc(CN2CCSCC2)cc1C1CC1)c1ccc(CN2CCSCC2)cc1C1CC1. The second-order valence-corrected chi connectivity index (χ2v) is 12.9. The Kier molecular flexibility index (Phi) is 7.07. The molecule has 2 saturated heterocycles. The molecule has 3 nitrogen and oxygen atoms in total. The molecule has 2 saturated carbocycles. The maximum Gasteiger partial charge on any atom is 0.193 e. The van der Waals surface area contributed by atoms with Gasteiger partial charge in [0.1, 0.15) is 0 Å². The third-order valence-corrected chi connectivity index (χ3v) is 9.66. The summed E-state index contributed by atoms with van der Waals surface area (Å²) in [6, 6.07) is 13.5. The van der Waals surface area contributed by atoms with Gasteiger partial charge >= 0.3 is 0 Å². The first kappa shape index (κ1) is 23.1. The third kappa shape index (κ3) is 5.43. The smallest absolute Gasteiger partial charge is 0.193 e. The predicted octanol–water partition coefficient (Wildman–Crippen LogP) is 5.77. The van der Waals surface area contributed by atoms with Crippen LogP contribution in [0.5, 0.6) is 0 Å². The van der Waals surface area contributed by atoms with Gasteiger partial charge < -0.3 is 0 Å². The molecule has 0 spiro atoms. The molecule has 0 atom stereocenters. The number of thioether (sulfide) groups is 2. The Bertz CT molecular complexity index is 953. The van der Waals surface area contributed by atoms with Crippen LogP contribution in [-0.4, -0.2) is 64.8 Å². The number of benzene rings is 2. The molecule has 2 aliphatic carbocycles. The highest BCUT2D eigenvalue weighted by Crippen LogP contribution is 2.45. The summed E-state index contributed by atoms with van der Waals surface area (Å²) >= 11 is 4.12. The lowest BCUT2D eigenvalue weighted by Gasteiger charge is -2.26. The topological polar surface area (TPSA) is 23.6 Å². The summed E-state index contributed by atoms with van der Waals surface area (Å²) in [7, 11) is 0. The zero-order chi connectivity index (χ0) is 22.9. The Morgan fingerprint density at radius 2 is 1.09 bits per heavy atom. The average molecular weight is 493 g/mol. The van der Waals surface area contributed by atoms with E-state index in [4.69, 9.17) is 0 Å². The van der Waals surface area contributed by atoms with Gasteiger partial charge in [-0.05, 0) is 59.8 Å². The monoisotopic (exact) mass is 492 g/mol. The van der Waals surface area contributed by atoms with Gasteiger partial charge in [-0.2, -0.15) is 23.5 Å². The van der Waals surface area contributed by atoms with Crippen molar-refractivity contribution in [1.82, 2.24) is 9.80 Å². The van der Waals surface area contributed by atoms with Crippen molar-refractivity contribution in [1.29, 1.82) is 0 Å². The average Bonchev–Trinajstić information content (AvgIpc) is 3.78. The highest BCUT2D eigenvalue weighted by molar-refractivity contribution is 7.99. The van der Waals surface area contributed by atoms with Crippen LogP contribution in [0.15, 0.2) is 36.4 Å². The number of hydrogen-bond acceptors (Lipinski definition) is 5.